The van der Waals surface area contributed by atoms with Gasteiger partial charge in [-0.25, -0.2) is 4.90 Å². The molecule has 0 unspecified atom stereocenters. The van der Waals surface area contributed by atoms with E-state index < -0.39 is 11.8 Å². The van der Waals surface area contributed by atoms with Crippen LogP contribution in [-0.4, -0.2) is 23.1 Å². The summed E-state index contributed by atoms with van der Waals surface area (Å²) in [7, 11) is 0. The monoisotopic (exact) mass is 271 g/mol. The van der Waals surface area contributed by atoms with Gasteiger partial charge in [0.15, 0.2) is 6.29 Å². The Labute approximate surface area is 115 Å². The van der Waals surface area contributed by atoms with Crippen molar-refractivity contribution in [2.24, 2.45) is 0 Å². The fourth-order valence-corrected chi connectivity index (χ4v) is 1.83. The molecule has 0 aliphatic heterocycles. The summed E-state index contributed by atoms with van der Waals surface area (Å²) in [5.41, 5.74) is 6.98. The smallest absolute Gasteiger partial charge is 0.281 e. The molecule has 0 saturated heterocycles. The van der Waals surface area contributed by atoms with E-state index in [2.05, 4.69) is 4.98 Å². The molecule has 0 atom stereocenters. The van der Waals surface area contributed by atoms with Gasteiger partial charge in [0, 0.05) is 24.4 Å². The number of hydrogen-bond acceptors (Lipinski definition) is 4. The number of aromatic nitrogens is 1. The number of amides is 2. The molecule has 0 spiro atoms. The van der Waals surface area contributed by atoms with Crippen LogP contribution in [0.5, 0.6) is 0 Å². The highest BCUT2D eigenvalue weighted by Crippen LogP contribution is 2.20. The number of aromatic amines is 1. The number of aldehydes is 1. The summed E-state index contributed by atoms with van der Waals surface area (Å²) in [4.78, 5) is 38.4. The van der Waals surface area contributed by atoms with Crippen molar-refractivity contribution in [3.8, 4) is 0 Å². The highest BCUT2D eigenvalue weighted by atomic mass is 16.2. The summed E-state index contributed by atoms with van der Waals surface area (Å²) in [6.45, 7) is 1.28. The molecule has 6 heteroatoms. The molecule has 0 radical (unpaired) electrons. The van der Waals surface area contributed by atoms with Crippen LogP contribution in [-0.2, 0) is 4.79 Å². The maximum atomic E-state index is 12.3. The van der Waals surface area contributed by atoms with E-state index in [1.54, 1.807) is 18.2 Å². The quantitative estimate of drug-likeness (QED) is 0.654. The number of nitrogens with two attached hydrogens (primary N) is 1. The van der Waals surface area contributed by atoms with E-state index in [1.165, 1.54) is 25.3 Å². The number of imide groups is 1. The van der Waals surface area contributed by atoms with E-state index in [9.17, 15) is 14.4 Å². The van der Waals surface area contributed by atoms with Crippen molar-refractivity contribution >= 4 is 29.5 Å². The first-order valence-corrected chi connectivity index (χ1v) is 5.87. The van der Waals surface area contributed by atoms with Crippen molar-refractivity contribution in [2.75, 3.05) is 10.6 Å². The Hall–Kier alpha value is -2.89. The van der Waals surface area contributed by atoms with Gasteiger partial charge >= 0.3 is 0 Å². The molecule has 0 aliphatic carbocycles. The number of benzene rings is 1. The standard InChI is InChI=1S/C14H13N3O3/c1-9(19)17(12-4-2-3-11(15)6-12)14(20)13-5-10(8-18)7-16-13/h2-8,16H,15H2,1H3. The average Bonchev–Trinajstić information content (AvgIpc) is 2.87. The topological polar surface area (TPSA) is 96.3 Å². The Kier molecular flexibility index (Phi) is 3.65. The number of carbonyl (C=O) groups is 3. The van der Waals surface area contributed by atoms with Crippen molar-refractivity contribution in [1.29, 1.82) is 0 Å². The second kappa shape index (κ2) is 5.40. The van der Waals surface area contributed by atoms with Gasteiger partial charge in [-0.3, -0.25) is 14.4 Å². The third-order valence-electron chi connectivity index (χ3n) is 2.72. The molecule has 6 nitrogen and oxygen atoms in total. The Bertz CT molecular complexity index is 676. The van der Waals surface area contributed by atoms with Crippen LogP contribution in [0.3, 0.4) is 0 Å². The molecular weight excluding hydrogens is 258 g/mol. The van der Waals surface area contributed by atoms with E-state index in [1.807, 2.05) is 0 Å². The zero-order valence-electron chi connectivity index (χ0n) is 10.8. The first-order chi connectivity index (χ1) is 9.52. The van der Waals surface area contributed by atoms with Crippen LogP contribution in [0.15, 0.2) is 36.5 Å². The first-order valence-electron chi connectivity index (χ1n) is 5.87. The molecule has 1 heterocycles. The third-order valence-corrected chi connectivity index (χ3v) is 2.72. The Morgan fingerprint density at radius 3 is 2.60 bits per heavy atom. The first kappa shape index (κ1) is 13.5. The van der Waals surface area contributed by atoms with Gasteiger partial charge in [0.2, 0.25) is 5.91 Å². The average molecular weight is 271 g/mol. The Morgan fingerprint density at radius 2 is 2.05 bits per heavy atom. The molecule has 2 rings (SSSR count). The fourth-order valence-electron chi connectivity index (χ4n) is 1.83. The van der Waals surface area contributed by atoms with E-state index in [0.717, 1.165) is 4.90 Å². The minimum atomic E-state index is -0.545. The molecule has 2 amide bonds. The lowest BCUT2D eigenvalue weighted by molar-refractivity contribution is -0.115. The summed E-state index contributed by atoms with van der Waals surface area (Å²) in [6, 6.07) is 7.84. The van der Waals surface area contributed by atoms with Gasteiger partial charge in [0.1, 0.15) is 5.69 Å². The number of nitrogens with zero attached hydrogens (tertiary/aromatic N) is 1. The lowest BCUT2D eigenvalue weighted by Gasteiger charge is -2.18. The zero-order chi connectivity index (χ0) is 14.7. The molecule has 0 saturated carbocycles. The molecule has 20 heavy (non-hydrogen) atoms. The fraction of sp³-hybridized carbons (Fsp3) is 0.0714. The van der Waals surface area contributed by atoms with Gasteiger partial charge in [-0.15, -0.1) is 0 Å². The molecule has 0 bridgehead atoms. The number of hydrogen-bond donors (Lipinski definition) is 2. The predicted octanol–water partition coefficient (Wildman–Crippen LogP) is 1.60. The predicted molar refractivity (Wildman–Crippen MR) is 74.5 cm³/mol. The second-order valence-corrected chi connectivity index (χ2v) is 4.22. The number of nitrogen functional groups attached to an aromatic ring is 1. The lowest BCUT2D eigenvalue weighted by atomic mass is 10.2. The normalized spacial score (nSPS) is 10.1. The van der Waals surface area contributed by atoms with Crippen LogP contribution < -0.4 is 10.6 Å². The molecule has 0 fully saturated rings. The van der Waals surface area contributed by atoms with Crippen molar-refractivity contribution in [2.45, 2.75) is 6.92 Å². The molecule has 3 N–H and O–H groups in total. The SMILES string of the molecule is CC(=O)N(C(=O)c1cc(C=O)c[nH]1)c1cccc(N)c1. The molecule has 1 aromatic heterocycles. The van der Waals surface area contributed by atoms with Crippen molar-refractivity contribution in [3.63, 3.8) is 0 Å². The van der Waals surface area contributed by atoms with Crippen LogP contribution in [0.2, 0.25) is 0 Å². The Morgan fingerprint density at radius 1 is 1.30 bits per heavy atom. The van der Waals surface area contributed by atoms with Crippen molar-refractivity contribution < 1.29 is 14.4 Å². The summed E-state index contributed by atoms with van der Waals surface area (Å²) >= 11 is 0. The van der Waals surface area contributed by atoms with Gasteiger partial charge in [-0.1, -0.05) is 6.07 Å². The minimum Gasteiger partial charge on any atom is -0.399 e. The molecule has 2 aromatic rings. The van der Waals surface area contributed by atoms with Crippen molar-refractivity contribution in [1.82, 2.24) is 4.98 Å². The van der Waals surface area contributed by atoms with Crippen LogP contribution in [0.25, 0.3) is 0 Å². The summed E-state index contributed by atoms with van der Waals surface area (Å²) in [6.07, 6.45) is 2.02. The van der Waals surface area contributed by atoms with Crippen LogP contribution in [0, 0.1) is 0 Å². The van der Waals surface area contributed by atoms with Gasteiger partial charge in [0.25, 0.3) is 5.91 Å². The summed E-state index contributed by atoms with van der Waals surface area (Å²) in [5.74, 6) is -0.987. The molecular formula is C14H13N3O3. The summed E-state index contributed by atoms with van der Waals surface area (Å²) < 4.78 is 0. The molecule has 0 aliphatic rings. The van der Waals surface area contributed by atoms with Gasteiger partial charge in [-0.05, 0) is 24.3 Å². The van der Waals surface area contributed by atoms with E-state index >= 15 is 0 Å². The minimum absolute atomic E-state index is 0.157. The number of H-pyrrole nitrogens is 1. The zero-order valence-corrected chi connectivity index (χ0v) is 10.8. The van der Waals surface area contributed by atoms with Crippen LogP contribution >= 0.6 is 0 Å². The van der Waals surface area contributed by atoms with E-state index in [4.69, 9.17) is 5.73 Å². The van der Waals surface area contributed by atoms with Crippen LogP contribution in [0.4, 0.5) is 11.4 Å². The number of carbonyl (C=O) groups excluding carboxylic acids is 3. The third kappa shape index (κ3) is 2.59. The highest BCUT2D eigenvalue weighted by molar-refractivity contribution is 6.20. The maximum Gasteiger partial charge on any atom is 0.281 e. The van der Waals surface area contributed by atoms with E-state index in [-0.39, 0.29) is 5.69 Å². The Balaban J connectivity index is 2.40. The lowest BCUT2D eigenvalue weighted by Crippen LogP contribution is -2.35. The highest BCUT2D eigenvalue weighted by Gasteiger charge is 2.23. The number of nitrogens with one attached hydrogen (secondary N) is 1. The van der Waals surface area contributed by atoms with Gasteiger partial charge in [0.05, 0.1) is 5.69 Å². The van der Waals surface area contributed by atoms with Crippen LogP contribution in [0.1, 0.15) is 27.8 Å². The van der Waals surface area contributed by atoms with E-state index in [0.29, 0.717) is 23.2 Å². The van der Waals surface area contributed by atoms with Gasteiger partial charge < -0.3 is 10.7 Å². The maximum absolute atomic E-state index is 12.3. The summed E-state index contributed by atoms with van der Waals surface area (Å²) in [5, 5.41) is 0. The largest absolute Gasteiger partial charge is 0.399 e. The molecule has 1 aromatic carbocycles. The van der Waals surface area contributed by atoms with Crippen molar-refractivity contribution in [3.05, 3.63) is 47.8 Å². The second-order valence-electron chi connectivity index (χ2n) is 4.22. The van der Waals surface area contributed by atoms with Gasteiger partial charge in [-0.2, -0.15) is 0 Å². The number of rotatable bonds is 3. The molecule has 102 valence electrons. The number of anilines is 2.